The number of carbonyl (C=O) groups is 1. The summed E-state index contributed by atoms with van der Waals surface area (Å²) in [5.41, 5.74) is -0.329. The maximum atomic E-state index is 12.9. The normalized spacial score (nSPS) is 13.0. The largest absolute Gasteiger partial charge is 0.472 e. The molecule has 2 aromatic heterocycles. The van der Waals surface area contributed by atoms with Crippen LogP contribution in [0.2, 0.25) is 0 Å². The van der Waals surface area contributed by atoms with E-state index >= 15 is 0 Å². The minimum absolute atomic E-state index is 0.0851. The first-order chi connectivity index (χ1) is 8.98. The fourth-order valence-corrected chi connectivity index (χ4v) is 1.41. The van der Waals surface area contributed by atoms with Crippen LogP contribution in [0.5, 0.6) is 0 Å². The predicted octanol–water partition coefficient (Wildman–Crippen LogP) is 3.14. The van der Waals surface area contributed by atoms with Crippen molar-refractivity contribution in [2.45, 2.75) is 12.3 Å². The molecule has 0 saturated heterocycles. The number of halogens is 3. The Morgan fingerprint density at radius 3 is 2.68 bits per heavy atom. The van der Waals surface area contributed by atoms with Gasteiger partial charge in [-0.05, 0) is 12.1 Å². The van der Waals surface area contributed by atoms with Crippen LogP contribution in [0.4, 0.5) is 13.2 Å². The Morgan fingerprint density at radius 2 is 2.16 bits per heavy atom. The lowest BCUT2D eigenvalue weighted by Gasteiger charge is -2.20. The van der Waals surface area contributed by atoms with Gasteiger partial charge in [-0.1, -0.05) is 6.07 Å². The van der Waals surface area contributed by atoms with Gasteiger partial charge in [0.1, 0.15) is 6.26 Å². The fraction of sp³-hybridized carbons (Fsp3) is 0.167. The highest BCUT2D eigenvalue weighted by molar-refractivity contribution is 5.89. The van der Waals surface area contributed by atoms with E-state index in [9.17, 15) is 18.0 Å². The zero-order chi connectivity index (χ0) is 13.9. The molecule has 0 bridgehead atoms. The van der Waals surface area contributed by atoms with Crippen molar-refractivity contribution in [3.8, 4) is 0 Å². The first-order valence-corrected chi connectivity index (χ1v) is 5.18. The third-order valence-electron chi connectivity index (χ3n) is 2.27. The van der Waals surface area contributed by atoms with Crippen LogP contribution >= 0.6 is 0 Å². The van der Waals surface area contributed by atoms with E-state index in [0.717, 1.165) is 12.5 Å². The molecule has 100 valence electrons. The highest BCUT2D eigenvalue weighted by Crippen LogP contribution is 2.36. The zero-order valence-electron chi connectivity index (χ0n) is 9.42. The molecule has 2 aromatic rings. The van der Waals surface area contributed by atoms with E-state index in [1.165, 1.54) is 30.7 Å². The number of pyridine rings is 1. The number of ether oxygens (including phenoxy) is 1. The van der Waals surface area contributed by atoms with Gasteiger partial charge in [-0.15, -0.1) is 0 Å². The van der Waals surface area contributed by atoms with Gasteiger partial charge in [0.25, 0.3) is 0 Å². The van der Waals surface area contributed by atoms with E-state index in [2.05, 4.69) is 14.1 Å². The molecule has 4 nitrogen and oxygen atoms in total. The molecular formula is C12H8F3NO3. The predicted molar refractivity (Wildman–Crippen MR) is 57.2 cm³/mol. The van der Waals surface area contributed by atoms with Gasteiger partial charge in [0, 0.05) is 18.0 Å². The van der Waals surface area contributed by atoms with E-state index in [-0.39, 0.29) is 11.1 Å². The summed E-state index contributed by atoms with van der Waals surface area (Å²) in [6.07, 6.45) is -2.57. The molecule has 0 amide bonds. The summed E-state index contributed by atoms with van der Waals surface area (Å²) in [7, 11) is 0. The van der Waals surface area contributed by atoms with E-state index in [1.807, 2.05) is 0 Å². The SMILES string of the molecule is O=C(O[C@H](c1cccnc1)C(F)(F)F)c1ccoc1. The summed E-state index contributed by atoms with van der Waals surface area (Å²) in [5, 5.41) is 0. The van der Waals surface area contributed by atoms with Crippen LogP contribution in [0.3, 0.4) is 0 Å². The standard InChI is InChI=1S/C12H8F3NO3/c13-12(14,15)10(8-2-1-4-16-6-8)19-11(17)9-3-5-18-7-9/h1-7,10H/t10-/m1/s1. The molecule has 1 atom stereocenters. The Kier molecular flexibility index (Phi) is 3.55. The third kappa shape index (κ3) is 3.12. The Hall–Kier alpha value is -2.31. The number of hydrogen-bond acceptors (Lipinski definition) is 4. The molecule has 0 fully saturated rings. The van der Waals surface area contributed by atoms with Crippen molar-refractivity contribution in [1.82, 2.24) is 4.98 Å². The van der Waals surface area contributed by atoms with Crippen LogP contribution in [-0.2, 0) is 4.74 Å². The Bertz CT molecular complexity index is 537. The minimum atomic E-state index is -4.72. The summed E-state index contributed by atoms with van der Waals surface area (Å²) in [4.78, 5) is 15.1. The highest BCUT2D eigenvalue weighted by Gasteiger charge is 2.44. The number of nitrogens with zero attached hydrogens (tertiary/aromatic N) is 1. The number of carbonyl (C=O) groups excluding carboxylic acids is 1. The van der Waals surface area contributed by atoms with Gasteiger partial charge in [0.05, 0.1) is 11.8 Å². The second-order valence-corrected chi connectivity index (χ2v) is 3.63. The van der Waals surface area contributed by atoms with E-state index in [1.54, 1.807) is 0 Å². The first kappa shape index (κ1) is 13.1. The average molecular weight is 271 g/mol. The van der Waals surface area contributed by atoms with E-state index in [0.29, 0.717) is 0 Å². The Morgan fingerprint density at radius 1 is 1.37 bits per heavy atom. The van der Waals surface area contributed by atoms with Gasteiger partial charge in [-0.25, -0.2) is 4.79 Å². The lowest BCUT2D eigenvalue weighted by atomic mass is 10.1. The topological polar surface area (TPSA) is 52.3 Å². The molecule has 2 rings (SSSR count). The molecule has 0 aromatic carbocycles. The summed E-state index contributed by atoms with van der Waals surface area (Å²) < 4.78 is 47.7. The molecule has 19 heavy (non-hydrogen) atoms. The Labute approximate surface area is 105 Å². The number of hydrogen-bond donors (Lipinski definition) is 0. The summed E-state index contributed by atoms with van der Waals surface area (Å²) in [6.45, 7) is 0. The molecule has 0 aliphatic heterocycles. The number of aromatic nitrogens is 1. The molecule has 0 saturated carbocycles. The van der Waals surface area contributed by atoms with Gasteiger partial charge in [-0.2, -0.15) is 13.2 Å². The highest BCUT2D eigenvalue weighted by atomic mass is 19.4. The second-order valence-electron chi connectivity index (χ2n) is 3.63. The average Bonchev–Trinajstić information content (AvgIpc) is 2.89. The maximum Gasteiger partial charge on any atom is 0.429 e. The van der Waals surface area contributed by atoms with Crippen molar-refractivity contribution in [2.24, 2.45) is 0 Å². The van der Waals surface area contributed by atoms with Crippen LogP contribution in [0.25, 0.3) is 0 Å². The molecule has 0 unspecified atom stereocenters. The maximum absolute atomic E-state index is 12.9. The van der Waals surface area contributed by atoms with E-state index < -0.39 is 18.2 Å². The molecule has 0 radical (unpaired) electrons. The van der Waals surface area contributed by atoms with Crippen LogP contribution in [0.1, 0.15) is 22.0 Å². The van der Waals surface area contributed by atoms with Gasteiger partial charge in [0.15, 0.2) is 0 Å². The smallest absolute Gasteiger partial charge is 0.429 e. The van der Waals surface area contributed by atoms with Crippen LogP contribution in [-0.4, -0.2) is 17.1 Å². The second kappa shape index (κ2) is 5.13. The number of furan rings is 1. The Balaban J connectivity index is 2.23. The lowest BCUT2D eigenvalue weighted by molar-refractivity contribution is -0.207. The van der Waals surface area contributed by atoms with Crippen LogP contribution in [0.15, 0.2) is 47.5 Å². The lowest BCUT2D eigenvalue weighted by Crippen LogP contribution is -2.26. The van der Waals surface area contributed by atoms with Crippen molar-refractivity contribution in [2.75, 3.05) is 0 Å². The molecule has 0 N–H and O–H groups in total. The van der Waals surface area contributed by atoms with Gasteiger partial charge < -0.3 is 9.15 Å². The summed E-state index contributed by atoms with van der Waals surface area (Å²) >= 11 is 0. The van der Waals surface area contributed by atoms with Gasteiger partial charge >= 0.3 is 12.1 Å². The van der Waals surface area contributed by atoms with Crippen molar-refractivity contribution < 1.29 is 27.1 Å². The number of alkyl halides is 3. The van der Waals surface area contributed by atoms with Gasteiger partial charge in [-0.3, -0.25) is 4.98 Å². The summed E-state index contributed by atoms with van der Waals surface area (Å²) in [5.74, 6) is -1.11. The number of rotatable bonds is 3. The third-order valence-corrected chi connectivity index (χ3v) is 2.27. The quantitative estimate of drug-likeness (QED) is 0.805. The molecule has 0 aliphatic carbocycles. The van der Waals surface area contributed by atoms with Crippen molar-refractivity contribution in [3.05, 3.63) is 54.2 Å². The number of esters is 1. The van der Waals surface area contributed by atoms with Crippen LogP contribution < -0.4 is 0 Å². The molecular weight excluding hydrogens is 263 g/mol. The molecule has 7 heteroatoms. The fourth-order valence-electron chi connectivity index (χ4n) is 1.41. The van der Waals surface area contributed by atoms with Crippen molar-refractivity contribution >= 4 is 5.97 Å². The van der Waals surface area contributed by atoms with Crippen molar-refractivity contribution in [1.29, 1.82) is 0 Å². The van der Waals surface area contributed by atoms with Gasteiger partial charge in [0.2, 0.25) is 6.10 Å². The molecule has 0 spiro atoms. The monoisotopic (exact) mass is 271 g/mol. The molecule has 2 heterocycles. The molecule has 0 aliphatic rings. The van der Waals surface area contributed by atoms with E-state index in [4.69, 9.17) is 0 Å². The van der Waals surface area contributed by atoms with Crippen LogP contribution in [0, 0.1) is 0 Å². The summed E-state index contributed by atoms with van der Waals surface area (Å²) in [6, 6.07) is 3.74. The minimum Gasteiger partial charge on any atom is -0.472 e. The first-order valence-electron chi connectivity index (χ1n) is 5.18. The van der Waals surface area contributed by atoms with Crippen molar-refractivity contribution in [3.63, 3.8) is 0 Å². The zero-order valence-corrected chi connectivity index (χ0v) is 9.42.